The van der Waals surface area contributed by atoms with Crippen molar-refractivity contribution in [1.29, 1.82) is 0 Å². The van der Waals surface area contributed by atoms with Crippen LogP contribution in [0.25, 0.3) is 0 Å². The Morgan fingerprint density at radius 1 is 1.46 bits per heavy atom. The van der Waals surface area contributed by atoms with Gasteiger partial charge in [0.05, 0.1) is 5.75 Å². The van der Waals surface area contributed by atoms with E-state index in [0.29, 0.717) is 5.92 Å². The lowest BCUT2D eigenvalue weighted by Crippen LogP contribution is -2.28. The summed E-state index contributed by atoms with van der Waals surface area (Å²) in [6.07, 6.45) is 2.28. The van der Waals surface area contributed by atoms with E-state index in [-0.39, 0.29) is 11.7 Å². The van der Waals surface area contributed by atoms with Crippen LogP contribution in [0, 0.1) is 11.8 Å². The second-order valence-electron chi connectivity index (χ2n) is 3.76. The van der Waals surface area contributed by atoms with E-state index in [2.05, 4.69) is 0 Å². The largest absolute Gasteiger partial charge is 0.229 e. The molecular formula is C8H17NO2S2. The van der Waals surface area contributed by atoms with Gasteiger partial charge in [-0.3, -0.25) is 0 Å². The maximum atomic E-state index is 10.9. The topological polar surface area (TPSA) is 60.2 Å². The van der Waals surface area contributed by atoms with Crippen molar-refractivity contribution in [3.05, 3.63) is 0 Å². The molecule has 0 amide bonds. The fourth-order valence-electron chi connectivity index (χ4n) is 1.79. The lowest BCUT2D eigenvalue weighted by Gasteiger charge is -2.26. The minimum absolute atomic E-state index is 0.141. The first-order valence-corrected chi connectivity index (χ1v) is 7.44. The minimum atomic E-state index is -3.28. The van der Waals surface area contributed by atoms with Crippen LogP contribution in [0.1, 0.15) is 19.8 Å². The molecule has 0 aromatic rings. The molecule has 78 valence electrons. The molecule has 0 spiro atoms. The van der Waals surface area contributed by atoms with Crippen LogP contribution in [0.15, 0.2) is 0 Å². The third-order valence-corrected chi connectivity index (χ3v) is 4.61. The van der Waals surface area contributed by atoms with Crippen molar-refractivity contribution in [2.45, 2.75) is 19.8 Å². The summed E-state index contributed by atoms with van der Waals surface area (Å²) in [6.45, 7) is 1.99. The summed E-state index contributed by atoms with van der Waals surface area (Å²) in [7, 11) is -3.28. The van der Waals surface area contributed by atoms with Crippen molar-refractivity contribution in [3.63, 3.8) is 0 Å². The second kappa shape index (κ2) is 4.66. The Morgan fingerprint density at radius 3 is 2.46 bits per heavy atom. The number of hydrogen-bond acceptors (Lipinski definition) is 3. The molecule has 1 saturated heterocycles. The normalized spacial score (nSPS) is 22.9. The van der Waals surface area contributed by atoms with Crippen molar-refractivity contribution in [2.24, 2.45) is 17.0 Å². The first-order chi connectivity index (χ1) is 5.99. The summed E-state index contributed by atoms with van der Waals surface area (Å²) >= 11 is 1.95. The molecule has 1 rings (SSSR count). The predicted octanol–water partition coefficient (Wildman–Crippen LogP) is 1.05. The average molecular weight is 223 g/mol. The van der Waals surface area contributed by atoms with Crippen LogP contribution in [0.2, 0.25) is 0 Å². The van der Waals surface area contributed by atoms with Gasteiger partial charge in [0.15, 0.2) is 0 Å². The molecule has 1 atom stereocenters. The van der Waals surface area contributed by atoms with E-state index in [1.165, 1.54) is 11.5 Å². The third kappa shape index (κ3) is 4.33. The highest BCUT2D eigenvalue weighted by Crippen LogP contribution is 2.29. The van der Waals surface area contributed by atoms with E-state index < -0.39 is 10.0 Å². The molecule has 2 N–H and O–H groups in total. The van der Waals surface area contributed by atoms with Crippen LogP contribution >= 0.6 is 11.8 Å². The molecule has 1 aliphatic heterocycles. The fraction of sp³-hybridized carbons (Fsp3) is 1.00. The molecule has 1 unspecified atom stereocenters. The Balaban J connectivity index is 2.42. The van der Waals surface area contributed by atoms with Gasteiger partial charge < -0.3 is 0 Å². The molecular weight excluding hydrogens is 206 g/mol. The summed E-state index contributed by atoms with van der Waals surface area (Å²) in [5, 5.41) is 5.01. The number of rotatable bonds is 3. The molecule has 0 aromatic carbocycles. The molecule has 13 heavy (non-hydrogen) atoms. The minimum Gasteiger partial charge on any atom is -0.229 e. The SMILES string of the molecule is CC(CS(N)(=O)=O)C1CCSCC1. The second-order valence-corrected chi connectivity index (χ2v) is 6.64. The van der Waals surface area contributed by atoms with E-state index in [0.717, 1.165) is 12.8 Å². The van der Waals surface area contributed by atoms with Crippen molar-refractivity contribution in [3.8, 4) is 0 Å². The van der Waals surface area contributed by atoms with E-state index in [1.807, 2.05) is 18.7 Å². The third-order valence-electron chi connectivity index (χ3n) is 2.57. The van der Waals surface area contributed by atoms with Crippen LogP contribution in [-0.4, -0.2) is 25.7 Å². The summed E-state index contributed by atoms with van der Waals surface area (Å²) in [6, 6.07) is 0. The first kappa shape index (κ1) is 11.3. The number of primary sulfonamides is 1. The van der Waals surface area contributed by atoms with E-state index in [9.17, 15) is 8.42 Å². The average Bonchev–Trinajstić information content (AvgIpc) is 2.03. The van der Waals surface area contributed by atoms with Gasteiger partial charge in [-0.1, -0.05) is 6.92 Å². The Labute approximate surface area is 84.5 Å². The summed E-state index contributed by atoms with van der Waals surface area (Å²) in [5.41, 5.74) is 0. The van der Waals surface area contributed by atoms with Crippen molar-refractivity contribution in [2.75, 3.05) is 17.3 Å². The van der Waals surface area contributed by atoms with Gasteiger partial charge in [0.1, 0.15) is 0 Å². The first-order valence-electron chi connectivity index (χ1n) is 4.57. The van der Waals surface area contributed by atoms with Crippen LogP contribution in [0.3, 0.4) is 0 Å². The fourth-order valence-corrected chi connectivity index (χ4v) is 3.94. The van der Waals surface area contributed by atoms with E-state index >= 15 is 0 Å². The Morgan fingerprint density at radius 2 is 2.00 bits per heavy atom. The van der Waals surface area contributed by atoms with Gasteiger partial charge in [0.25, 0.3) is 0 Å². The molecule has 5 heteroatoms. The molecule has 0 bridgehead atoms. The highest BCUT2D eigenvalue weighted by Gasteiger charge is 2.23. The molecule has 0 aliphatic carbocycles. The predicted molar refractivity (Wildman–Crippen MR) is 57.2 cm³/mol. The molecule has 3 nitrogen and oxygen atoms in total. The van der Waals surface area contributed by atoms with Gasteiger partial charge in [-0.15, -0.1) is 0 Å². The standard InChI is InChI=1S/C8H17NO2S2/c1-7(6-13(9,10)11)8-2-4-12-5-3-8/h7-8H,2-6H2,1H3,(H2,9,10,11). The highest BCUT2D eigenvalue weighted by molar-refractivity contribution is 7.99. The Hall–Kier alpha value is 0.260. The van der Waals surface area contributed by atoms with Crippen molar-refractivity contribution >= 4 is 21.8 Å². The number of hydrogen-bond donors (Lipinski definition) is 1. The summed E-state index contributed by atoms with van der Waals surface area (Å²) in [4.78, 5) is 0. The van der Waals surface area contributed by atoms with Crippen LogP contribution in [0.4, 0.5) is 0 Å². The number of nitrogens with two attached hydrogens (primary N) is 1. The summed E-state index contributed by atoms with van der Waals surface area (Å²) in [5.74, 6) is 3.25. The maximum absolute atomic E-state index is 10.9. The number of sulfonamides is 1. The monoisotopic (exact) mass is 223 g/mol. The van der Waals surface area contributed by atoms with Crippen LogP contribution < -0.4 is 5.14 Å². The quantitative estimate of drug-likeness (QED) is 0.778. The number of thioether (sulfide) groups is 1. The smallest absolute Gasteiger partial charge is 0.209 e. The molecule has 0 aromatic heterocycles. The Bertz CT molecular complexity index is 245. The van der Waals surface area contributed by atoms with Crippen molar-refractivity contribution < 1.29 is 8.42 Å². The van der Waals surface area contributed by atoms with Gasteiger partial charge in [0, 0.05) is 0 Å². The molecule has 0 radical (unpaired) electrons. The molecule has 1 fully saturated rings. The van der Waals surface area contributed by atoms with Gasteiger partial charge in [-0.25, -0.2) is 13.6 Å². The zero-order chi connectivity index (χ0) is 9.90. The van der Waals surface area contributed by atoms with Gasteiger partial charge in [0.2, 0.25) is 10.0 Å². The van der Waals surface area contributed by atoms with Crippen molar-refractivity contribution in [1.82, 2.24) is 0 Å². The highest BCUT2D eigenvalue weighted by atomic mass is 32.2. The van der Waals surface area contributed by atoms with E-state index in [1.54, 1.807) is 0 Å². The van der Waals surface area contributed by atoms with Crippen LogP contribution in [-0.2, 0) is 10.0 Å². The molecule has 1 aliphatic rings. The van der Waals surface area contributed by atoms with Gasteiger partial charge in [-0.2, -0.15) is 11.8 Å². The lowest BCUT2D eigenvalue weighted by molar-refractivity contribution is 0.361. The maximum Gasteiger partial charge on any atom is 0.209 e. The van der Waals surface area contributed by atoms with Gasteiger partial charge in [-0.05, 0) is 36.2 Å². The van der Waals surface area contributed by atoms with Gasteiger partial charge >= 0.3 is 0 Å². The summed E-state index contributed by atoms with van der Waals surface area (Å²) < 4.78 is 21.7. The van der Waals surface area contributed by atoms with Crippen LogP contribution in [0.5, 0.6) is 0 Å². The lowest BCUT2D eigenvalue weighted by atomic mass is 9.90. The van der Waals surface area contributed by atoms with E-state index in [4.69, 9.17) is 5.14 Å². The molecule has 1 heterocycles. The zero-order valence-electron chi connectivity index (χ0n) is 7.90. The zero-order valence-corrected chi connectivity index (χ0v) is 9.53. The molecule has 0 saturated carbocycles. The Kier molecular flexibility index (Phi) is 4.06.